The molecule has 112 valence electrons. The molecule has 2 amide bonds. The zero-order valence-electron chi connectivity index (χ0n) is 11.8. The molecule has 0 bridgehead atoms. The van der Waals surface area contributed by atoms with Gasteiger partial charge in [-0.25, -0.2) is 0 Å². The molecule has 1 unspecified atom stereocenters. The Kier molecular flexibility index (Phi) is 4.15. The van der Waals surface area contributed by atoms with E-state index in [4.69, 9.17) is 11.6 Å². The van der Waals surface area contributed by atoms with Gasteiger partial charge in [-0.2, -0.15) is 0 Å². The van der Waals surface area contributed by atoms with Gasteiger partial charge in [-0.3, -0.25) is 9.59 Å². The minimum atomic E-state index is -0.373. The smallest absolute Gasteiger partial charge is 0.250 e. The molecule has 2 aliphatic rings. The van der Waals surface area contributed by atoms with E-state index in [9.17, 15) is 9.59 Å². The van der Waals surface area contributed by atoms with Crippen LogP contribution in [0.4, 0.5) is 5.69 Å². The van der Waals surface area contributed by atoms with Gasteiger partial charge in [-0.15, -0.1) is 0 Å². The van der Waals surface area contributed by atoms with E-state index in [1.54, 1.807) is 29.2 Å². The number of amides is 2. The van der Waals surface area contributed by atoms with Gasteiger partial charge in [0.2, 0.25) is 11.8 Å². The van der Waals surface area contributed by atoms with Crippen molar-refractivity contribution in [1.29, 1.82) is 0 Å². The third-order valence-corrected chi connectivity index (χ3v) is 4.66. The number of piperazine rings is 1. The third-order valence-electron chi connectivity index (χ3n) is 4.41. The zero-order chi connectivity index (χ0) is 14.8. The molecule has 1 atom stereocenters. The number of benzene rings is 1. The van der Waals surface area contributed by atoms with E-state index < -0.39 is 0 Å². The highest BCUT2D eigenvalue weighted by atomic mass is 35.5. The molecule has 1 saturated heterocycles. The van der Waals surface area contributed by atoms with Crippen molar-refractivity contribution < 1.29 is 9.59 Å². The lowest BCUT2D eigenvalue weighted by Gasteiger charge is -2.37. The number of hydrogen-bond donors (Lipinski definition) is 1. The minimum absolute atomic E-state index is 0.00354. The third kappa shape index (κ3) is 3.05. The number of carbonyl (C=O) groups is 2. The summed E-state index contributed by atoms with van der Waals surface area (Å²) in [7, 11) is 0. The van der Waals surface area contributed by atoms with E-state index >= 15 is 0 Å². The number of nitrogens with one attached hydrogen (secondary N) is 1. The summed E-state index contributed by atoms with van der Waals surface area (Å²) in [5, 5.41) is 3.51. The summed E-state index contributed by atoms with van der Waals surface area (Å²) in [6.07, 6.45) is 5.55. The van der Waals surface area contributed by atoms with Crippen LogP contribution in [0.15, 0.2) is 24.3 Å². The fraction of sp³-hybridized carbons (Fsp3) is 0.500. The summed E-state index contributed by atoms with van der Waals surface area (Å²) < 4.78 is 0. The number of carbonyl (C=O) groups excluding carboxylic acids is 2. The van der Waals surface area contributed by atoms with Crippen molar-refractivity contribution in [3.8, 4) is 0 Å². The van der Waals surface area contributed by atoms with Gasteiger partial charge in [0.1, 0.15) is 12.6 Å². The maximum Gasteiger partial charge on any atom is 0.250 e. The van der Waals surface area contributed by atoms with Crippen molar-refractivity contribution in [2.24, 2.45) is 5.92 Å². The SMILES string of the molecule is O=C1CN(c2ccc(Cl)cc2)C(=O)C(C2CCCCC2)N1. The second kappa shape index (κ2) is 6.06. The van der Waals surface area contributed by atoms with Gasteiger partial charge in [-0.1, -0.05) is 30.9 Å². The normalized spacial score (nSPS) is 24.0. The summed E-state index contributed by atoms with van der Waals surface area (Å²) in [6, 6.07) is 6.69. The zero-order valence-corrected chi connectivity index (χ0v) is 12.6. The van der Waals surface area contributed by atoms with E-state index in [1.165, 1.54) is 6.42 Å². The lowest BCUT2D eigenvalue weighted by Crippen LogP contribution is -2.61. The molecule has 3 rings (SSSR count). The van der Waals surface area contributed by atoms with Crippen LogP contribution in [0.1, 0.15) is 32.1 Å². The molecule has 1 aliphatic heterocycles. The second-order valence-electron chi connectivity index (χ2n) is 5.84. The maximum absolute atomic E-state index is 12.7. The topological polar surface area (TPSA) is 49.4 Å². The Bertz CT molecular complexity index is 538. The summed E-state index contributed by atoms with van der Waals surface area (Å²) in [4.78, 5) is 26.3. The average Bonchev–Trinajstić information content (AvgIpc) is 2.51. The van der Waals surface area contributed by atoms with E-state index in [1.807, 2.05) is 0 Å². The van der Waals surface area contributed by atoms with Crippen molar-refractivity contribution in [3.05, 3.63) is 29.3 Å². The summed E-state index contributed by atoms with van der Waals surface area (Å²) >= 11 is 5.88. The Morgan fingerprint density at radius 2 is 1.71 bits per heavy atom. The first-order chi connectivity index (χ1) is 10.1. The fourth-order valence-corrected chi connectivity index (χ4v) is 3.42. The molecule has 0 aromatic heterocycles. The molecule has 1 aromatic rings. The first-order valence-electron chi connectivity index (χ1n) is 7.51. The predicted octanol–water partition coefficient (Wildman–Crippen LogP) is 2.75. The molecule has 0 radical (unpaired) electrons. The van der Waals surface area contributed by atoms with Crippen LogP contribution in [-0.2, 0) is 9.59 Å². The van der Waals surface area contributed by atoms with Gasteiger partial charge in [0, 0.05) is 10.7 Å². The first-order valence-corrected chi connectivity index (χ1v) is 7.89. The van der Waals surface area contributed by atoms with E-state index in [0.717, 1.165) is 31.4 Å². The number of hydrogen-bond acceptors (Lipinski definition) is 2. The summed E-state index contributed by atoms with van der Waals surface area (Å²) in [5.41, 5.74) is 0.736. The van der Waals surface area contributed by atoms with Crippen molar-refractivity contribution >= 4 is 29.1 Å². The van der Waals surface area contributed by atoms with Crippen molar-refractivity contribution in [1.82, 2.24) is 5.32 Å². The van der Waals surface area contributed by atoms with Gasteiger partial charge in [0.05, 0.1) is 0 Å². The molecule has 1 aliphatic carbocycles. The van der Waals surface area contributed by atoms with E-state index in [2.05, 4.69) is 5.32 Å². The first kappa shape index (κ1) is 14.4. The standard InChI is InChI=1S/C16H19ClN2O2/c17-12-6-8-13(9-7-12)19-10-14(20)18-15(16(19)21)11-4-2-1-3-5-11/h6-9,11,15H,1-5,10H2,(H,18,20). The number of nitrogens with zero attached hydrogens (tertiary/aromatic N) is 1. The van der Waals surface area contributed by atoms with Gasteiger partial charge in [0.25, 0.3) is 0 Å². The molecule has 21 heavy (non-hydrogen) atoms. The summed E-state index contributed by atoms with van der Waals surface area (Å²) in [6.45, 7) is 0.0870. The minimum Gasteiger partial charge on any atom is -0.342 e. The van der Waals surface area contributed by atoms with Crippen molar-refractivity contribution in [2.45, 2.75) is 38.1 Å². The van der Waals surface area contributed by atoms with Gasteiger partial charge in [0.15, 0.2) is 0 Å². The highest BCUT2D eigenvalue weighted by Crippen LogP contribution is 2.30. The quantitative estimate of drug-likeness (QED) is 0.913. The lowest BCUT2D eigenvalue weighted by atomic mass is 9.82. The number of rotatable bonds is 2. The molecular weight excluding hydrogens is 288 g/mol. The van der Waals surface area contributed by atoms with Crippen LogP contribution in [0.3, 0.4) is 0 Å². The van der Waals surface area contributed by atoms with Crippen LogP contribution in [0.25, 0.3) is 0 Å². The number of anilines is 1. The molecule has 1 N–H and O–H groups in total. The van der Waals surface area contributed by atoms with Crippen LogP contribution in [0.2, 0.25) is 5.02 Å². The largest absolute Gasteiger partial charge is 0.342 e. The molecule has 4 nitrogen and oxygen atoms in total. The van der Waals surface area contributed by atoms with Crippen molar-refractivity contribution in [3.63, 3.8) is 0 Å². The highest BCUT2D eigenvalue weighted by molar-refractivity contribution is 6.30. The molecule has 1 aromatic carbocycles. The Hall–Kier alpha value is -1.55. The van der Waals surface area contributed by atoms with E-state index in [-0.39, 0.29) is 30.3 Å². The van der Waals surface area contributed by atoms with Gasteiger partial charge >= 0.3 is 0 Å². The predicted molar refractivity (Wildman–Crippen MR) is 82.3 cm³/mol. The van der Waals surface area contributed by atoms with Gasteiger partial charge < -0.3 is 10.2 Å². The molecule has 2 fully saturated rings. The molecule has 5 heteroatoms. The molecule has 0 spiro atoms. The summed E-state index contributed by atoms with van der Waals surface area (Å²) in [5.74, 6) is 0.189. The Labute approximate surface area is 129 Å². The Balaban J connectivity index is 1.82. The van der Waals surface area contributed by atoms with Crippen LogP contribution in [0.5, 0.6) is 0 Å². The monoisotopic (exact) mass is 306 g/mol. The van der Waals surface area contributed by atoms with Crippen LogP contribution >= 0.6 is 11.6 Å². The lowest BCUT2D eigenvalue weighted by molar-refractivity contribution is -0.132. The van der Waals surface area contributed by atoms with Crippen LogP contribution < -0.4 is 10.2 Å². The van der Waals surface area contributed by atoms with E-state index in [0.29, 0.717) is 5.02 Å². The number of halogens is 1. The highest BCUT2D eigenvalue weighted by Gasteiger charge is 2.38. The van der Waals surface area contributed by atoms with Crippen LogP contribution in [0, 0.1) is 5.92 Å². The van der Waals surface area contributed by atoms with Crippen LogP contribution in [-0.4, -0.2) is 24.4 Å². The molecule has 1 heterocycles. The second-order valence-corrected chi connectivity index (χ2v) is 6.28. The average molecular weight is 307 g/mol. The van der Waals surface area contributed by atoms with Gasteiger partial charge in [-0.05, 0) is 43.0 Å². The molecule has 1 saturated carbocycles. The fourth-order valence-electron chi connectivity index (χ4n) is 3.30. The molecular formula is C16H19ClN2O2. The maximum atomic E-state index is 12.7. The Morgan fingerprint density at radius 3 is 2.38 bits per heavy atom. The Morgan fingerprint density at radius 1 is 1.05 bits per heavy atom. The van der Waals surface area contributed by atoms with Crippen molar-refractivity contribution in [2.75, 3.05) is 11.4 Å².